The monoisotopic (exact) mass is 343 g/mol. The zero-order chi connectivity index (χ0) is 17.9. The zero-order valence-electron chi connectivity index (χ0n) is 14.2. The number of aryl methyl sites for hydroxylation is 1. The average molecular weight is 343 g/mol. The third kappa shape index (κ3) is 4.22. The van der Waals surface area contributed by atoms with E-state index in [2.05, 4.69) is 5.32 Å². The number of amides is 1. The average Bonchev–Trinajstić information content (AvgIpc) is 3.06. The van der Waals surface area contributed by atoms with E-state index in [1.165, 1.54) is 0 Å². The Morgan fingerprint density at radius 1 is 1.24 bits per heavy atom. The maximum absolute atomic E-state index is 12.0. The molecule has 2 aromatic rings. The number of ether oxygens (including phenoxy) is 3. The number of nitrogens with one attached hydrogen (secondary N) is 1. The standard InChI is InChI=1S/C19H21NO5/c1-13-4-3-5-15(8-13)23-10-18(21)20-11-19(2,22)14-6-7-16-17(9-14)25-12-24-16/h3-9,22H,10-12H2,1-2H3,(H,20,21). The van der Waals surface area contributed by atoms with Crippen molar-refractivity contribution >= 4 is 5.91 Å². The summed E-state index contributed by atoms with van der Waals surface area (Å²) in [5.41, 5.74) is 0.459. The summed E-state index contributed by atoms with van der Waals surface area (Å²) < 4.78 is 16.0. The largest absolute Gasteiger partial charge is 0.484 e. The van der Waals surface area contributed by atoms with Crippen LogP contribution in [0.3, 0.4) is 0 Å². The molecule has 0 bridgehead atoms. The highest BCUT2D eigenvalue weighted by Crippen LogP contribution is 2.35. The maximum atomic E-state index is 12.0. The van der Waals surface area contributed by atoms with Crippen LogP contribution in [0.25, 0.3) is 0 Å². The predicted molar refractivity (Wildman–Crippen MR) is 91.8 cm³/mol. The van der Waals surface area contributed by atoms with Crippen molar-refractivity contribution in [1.82, 2.24) is 5.32 Å². The highest BCUT2D eigenvalue weighted by molar-refractivity contribution is 5.77. The molecule has 2 N–H and O–H groups in total. The minimum Gasteiger partial charge on any atom is -0.484 e. The van der Waals surface area contributed by atoms with Crippen LogP contribution < -0.4 is 19.5 Å². The van der Waals surface area contributed by atoms with Gasteiger partial charge < -0.3 is 24.6 Å². The molecule has 1 unspecified atom stereocenters. The van der Waals surface area contributed by atoms with Crippen molar-refractivity contribution in [3.8, 4) is 17.2 Å². The summed E-state index contributed by atoms with van der Waals surface area (Å²) in [6, 6.07) is 12.7. The molecule has 1 amide bonds. The number of fused-ring (bicyclic) bond motifs is 1. The van der Waals surface area contributed by atoms with Crippen molar-refractivity contribution in [3.63, 3.8) is 0 Å². The molecule has 25 heavy (non-hydrogen) atoms. The van der Waals surface area contributed by atoms with Crippen molar-refractivity contribution in [2.24, 2.45) is 0 Å². The molecule has 1 atom stereocenters. The Labute approximate surface area is 146 Å². The van der Waals surface area contributed by atoms with Crippen molar-refractivity contribution in [3.05, 3.63) is 53.6 Å². The van der Waals surface area contributed by atoms with E-state index in [0.717, 1.165) is 5.56 Å². The van der Waals surface area contributed by atoms with Gasteiger partial charge in [0.05, 0.1) is 6.54 Å². The number of rotatable bonds is 6. The molecule has 0 saturated heterocycles. The topological polar surface area (TPSA) is 77.0 Å². The summed E-state index contributed by atoms with van der Waals surface area (Å²) in [5, 5.41) is 13.3. The van der Waals surface area contributed by atoms with E-state index in [9.17, 15) is 9.90 Å². The van der Waals surface area contributed by atoms with Crippen molar-refractivity contribution in [1.29, 1.82) is 0 Å². The van der Waals surface area contributed by atoms with E-state index < -0.39 is 5.60 Å². The molecule has 0 fully saturated rings. The highest BCUT2D eigenvalue weighted by Gasteiger charge is 2.26. The van der Waals surface area contributed by atoms with Crippen LogP contribution in [0, 0.1) is 6.92 Å². The van der Waals surface area contributed by atoms with Crippen LogP contribution in [-0.2, 0) is 10.4 Å². The molecule has 0 saturated carbocycles. The van der Waals surface area contributed by atoms with Crippen LogP contribution in [0.1, 0.15) is 18.1 Å². The lowest BCUT2D eigenvalue weighted by Crippen LogP contribution is -2.40. The summed E-state index contributed by atoms with van der Waals surface area (Å²) in [6.07, 6.45) is 0. The van der Waals surface area contributed by atoms with Crippen LogP contribution in [0.5, 0.6) is 17.2 Å². The minimum absolute atomic E-state index is 0.0582. The van der Waals surface area contributed by atoms with Gasteiger partial charge in [0.25, 0.3) is 5.91 Å². The van der Waals surface area contributed by atoms with Gasteiger partial charge in [-0.05, 0) is 49.2 Å². The number of hydrogen-bond donors (Lipinski definition) is 2. The van der Waals surface area contributed by atoms with Crippen LogP contribution in [0.15, 0.2) is 42.5 Å². The summed E-state index contributed by atoms with van der Waals surface area (Å²) >= 11 is 0. The van der Waals surface area contributed by atoms with Gasteiger partial charge in [-0.2, -0.15) is 0 Å². The maximum Gasteiger partial charge on any atom is 0.258 e. The number of benzene rings is 2. The highest BCUT2D eigenvalue weighted by atomic mass is 16.7. The van der Waals surface area contributed by atoms with Crippen molar-refractivity contribution in [2.45, 2.75) is 19.4 Å². The summed E-state index contributed by atoms with van der Waals surface area (Å²) in [5.74, 6) is 1.57. The van der Waals surface area contributed by atoms with E-state index >= 15 is 0 Å². The SMILES string of the molecule is Cc1cccc(OCC(=O)NCC(C)(O)c2ccc3c(c2)OCO3)c1. The number of carbonyl (C=O) groups excluding carboxylic acids is 1. The molecule has 6 nitrogen and oxygen atoms in total. The fourth-order valence-corrected chi connectivity index (χ4v) is 2.51. The molecular formula is C19H21NO5. The second kappa shape index (κ2) is 7.03. The lowest BCUT2D eigenvalue weighted by Gasteiger charge is -2.24. The van der Waals surface area contributed by atoms with Gasteiger partial charge in [0.1, 0.15) is 11.4 Å². The number of hydrogen-bond acceptors (Lipinski definition) is 5. The molecule has 6 heteroatoms. The molecule has 0 radical (unpaired) electrons. The minimum atomic E-state index is -1.24. The first kappa shape index (κ1) is 17.1. The van der Waals surface area contributed by atoms with Gasteiger partial charge in [0.15, 0.2) is 18.1 Å². The van der Waals surface area contributed by atoms with E-state index in [0.29, 0.717) is 22.8 Å². The molecule has 0 spiro atoms. The van der Waals surface area contributed by atoms with E-state index in [1.54, 1.807) is 31.2 Å². The Balaban J connectivity index is 1.53. The molecule has 1 aliphatic heterocycles. The molecule has 1 aliphatic rings. The molecule has 1 heterocycles. The van der Waals surface area contributed by atoms with Gasteiger partial charge in [-0.15, -0.1) is 0 Å². The van der Waals surface area contributed by atoms with E-state index in [1.807, 2.05) is 25.1 Å². The fraction of sp³-hybridized carbons (Fsp3) is 0.316. The van der Waals surface area contributed by atoms with Crippen molar-refractivity contribution < 1.29 is 24.1 Å². The van der Waals surface area contributed by atoms with Gasteiger partial charge >= 0.3 is 0 Å². The van der Waals surface area contributed by atoms with Gasteiger partial charge in [0, 0.05) is 0 Å². The molecular weight excluding hydrogens is 322 g/mol. The van der Waals surface area contributed by atoms with Gasteiger partial charge in [-0.3, -0.25) is 4.79 Å². The first-order valence-corrected chi connectivity index (χ1v) is 8.03. The predicted octanol–water partition coefficient (Wildman–Crippen LogP) is 2.13. The van der Waals surface area contributed by atoms with E-state index in [-0.39, 0.29) is 25.9 Å². The molecule has 132 valence electrons. The quantitative estimate of drug-likeness (QED) is 0.840. The summed E-state index contributed by atoms with van der Waals surface area (Å²) in [6.45, 7) is 3.71. The fourth-order valence-electron chi connectivity index (χ4n) is 2.51. The lowest BCUT2D eigenvalue weighted by atomic mass is 9.95. The lowest BCUT2D eigenvalue weighted by molar-refractivity contribution is -0.124. The van der Waals surface area contributed by atoms with Crippen LogP contribution in [0.4, 0.5) is 0 Å². The Morgan fingerprint density at radius 2 is 2.04 bits per heavy atom. The third-order valence-corrected chi connectivity index (χ3v) is 3.98. The number of carbonyl (C=O) groups is 1. The summed E-state index contributed by atoms with van der Waals surface area (Å²) in [7, 11) is 0. The number of aliphatic hydroxyl groups is 1. The Morgan fingerprint density at radius 3 is 2.84 bits per heavy atom. The first-order chi connectivity index (χ1) is 11.9. The first-order valence-electron chi connectivity index (χ1n) is 8.03. The van der Waals surface area contributed by atoms with Crippen LogP contribution in [-0.4, -0.2) is 31.0 Å². The van der Waals surface area contributed by atoms with Gasteiger partial charge in [-0.1, -0.05) is 18.2 Å². The van der Waals surface area contributed by atoms with Gasteiger partial charge in [0.2, 0.25) is 6.79 Å². The molecule has 3 rings (SSSR count). The molecule has 0 aromatic heterocycles. The molecule has 2 aromatic carbocycles. The zero-order valence-corrected chi connectivity index (χ0v) is 14.2. The van der Waals surface area contributed by atoms with Crippen LogP contribution >= 0.6 is 0 Å². The Hall–Kier alpha value is -2.73. The second-order valence-electron chi connectivity index (χ2n) is 6.22. The van der Waals surface area contributed by atoms with Crippen LogP contribution in [0.2, 0.25) is 0 Å². The Kier molecular flexibility index (Phi) is 4.81. The summed E-state index contributed by atoms with van der Waals surface area (Å²) in [4.78, 5) is 12.0. The normalized spacial score (nSPS) is 14.7. The molecule has 0 aliphatic carbocycles. The third-order valence-electron chi connectivity index (χ3n) is 3.98. The van der Waals surface area contributed by atoms with Gasteiger partial charge in [-0.25, -0.2) is 0 Å². The smallest absolute Gasteiger partial charge is 0.258 e. The van der Waals surface area contributed by atoms with E-state index in [4.69, 9.17) is 14.2 Å². The van der Waals surface area contributed by atoms with Crippen molar-refractivity contribution in [2.75, 3.05) is 19.9 Å². The Bertz CT molecular complexity index is 772. The second-order valence-corrected chi connectivity index (χ2v) is 6.22.